The molecule has 0 aromatic heterocycles. The van der Waals surface area contributed by atoms with Crippen molar-refractivity contribution in [2.45, 2.75) is 71.9 Å². The van der Waals surface area contributed by atoms with E-state index in [1.165, 1.54) is 0 Å². The van der Waals surface area contributed by atoms with Crippen molar-refractivity contribution in [1.82, 2.24) is 5.32 Å². The van der Waals surface area contributed by atoms with Crippen molar-refractivity contribution in [3.63, 3.8) is 0 Å². The van der Waals surface area contributed by atoms with Crippen molar-refractivity contribution in [2.24, 2.45) is 0 Å². The van der Waals surface area contributed by atoms with Crippen LogP contribution in [-0.4, -0.2) is 23.5 Å². The van der Waals surface area contributed by atoms with E-state index in [1.54, 1.807) is 0 Å². The number of carbonyl (C=O) groups is 2. The third-order valence-electron chi connectivity index (χ3n) is 2.28. The van der Waals surface area contributed by atoms with Crippen molar-refractivity contribution >= 4 is 11.9 Å². The number of esters is 1. The zero-order valence-corrected chi connectivity index (χ0v) is 12.8. The van der Waals surface area contributed by atoms with E-state index in [2.05, 4.69) is 24.4 Å². The summed E-state index contributed by atoms with van der Waals surface area (Å²) in [7, 11) is 0. The summed E-state index contributed by atoms with van der Waals surface area (Å²) in [6.07, 6.45) is 6.24. The fourth-order valence-corrected chi connectivity index (χ4v) is 1.48. The van der Waals surface area contributed by atoms with Gasteiger partial charge in [0.25, 0.3) is 0 Å². The first kappa shape index (κ1) is 17.7. The van der Waals surface area contributed by atoms with Gasteiger partial charge in [-0.2, -0.15) is 0 Å². The SMILES string of the molecule is CC/C=C\CC(C)NC(=O)CCC(=O)OC(C)(C)C. The van der Waals surface area contributed by atoms with Crippen LogP contribution in [0.15, 0.2) is 12.2 Å². The van der Waals surface area contributed by atoms with E-state index < -0.39 is 5.60 Å². The van der Waals surface area contributed by atoms with Crippen molar-refractivity contribution in [3.05, 3.63) is 12.2 Å². The summed E-state index contributed by atoms with van der Waals surface area (Å²) in [5, 5.41) is 2.86. The molecule has 0 fully saturated rings. The number of carbonyl (C=O) groups excluding carboxylic acids is 2. The van der Waals surface area contributed by atoms with E-state index in [9.17, 15) is 9.59 Å². The smallest absolute Gasteiger partial charge is 0.306 e. The molecule has 0 radical (unpaired) electrons. The monoisotopic (exact) mass is 269 g/mol. The van der Waals surface area contributed by atoms with Crippen molar-refractivity contribution in [2.75, 3.05) is 0 Å². The minimum absolute atomic E-state index is 0.0916. The summed E-state index contributed by atoms with van der Waals surface area (Å²) in [4.78, 5) is 23.1. The Morgan fingerprint density at radius 1 is 1.21 bits per heavy atom. The zero-order chi connectivity index (χ0) is 14.9. The highest BCUT2D eigenvalue weighted by Gasteiger charge is 2.17. The van der Waals surface area contributed by atoms with Gasteiger partial charge in [0.1, 0.15) is 5.60 Å². The fraction of sp³-hybridized carbons (Fsp3) is 0.733. The van der Waals surface area contributed by atoms with E-state index in [4.69, 9.17) is 4.74 Å². The number of ether oxygens (including phenoxy) is 1. The van der Waals surface area contributed by atoms with Gasteiger partial charge in [-0.05, 0) is 40.5 Å². The number of allylic oxidation sites excluding steroid dienone is 1. The third-order valence-corrected chi connectivity index (χ3v) is 2.28. The summed E-state index contributed by atoms with van der Waals surface area (Å²) in [6.45, 7) is 9.46. The Kier molecular flexibility index (Phi) is 8.12. The molecule has 0 saturated heterocycles. The number of hydrogen-bond donors (Lipinski definition) is 1. The van der Waals surface area contributed by atoms with Gasteiger partial charge in [-0.25, -0.2) is 0 Å². The van der Waals surface area contributed by atoms with Crippen LogP contribution in [0, 0.1) is 0 Å². The van der Waals surface area contributed by atoms with Gasteiger partial charge in [0.05, 0.1) is 6.42 Å². The average Bonchev–Trinajstić information content (AvgIpc) is 2.24. The van der Waals surface area contributed by atoms with Crippen LogP contribution in [-0.2, 0) is 14.3 Å². The predicted molar refractivity (Wildman–Crippen MR) is 76.7 cm³/mol. The van der Waals surface area contributed by atoms with Crippen LogP contribution in [0.3, 0.4) is 0 Å². The van der Waals surface area contributed by atoms with Gasteiger partial charge < -0.3 is 10.1 Å². The summed E-state index contributed by atoms with van der Waals surface area (Å²) in [6, 6.07) is 0.0916. The first-order valence-electron chi connectivity index (χ1n) is 6.90. The van der Waals surface area contributed by atoms with Gasteiger partial charge >= 0.3 is 5.97 Å². The van der Waals surface area contributed by atoms with Gasteiger partial charge in [0.2, 0.25) is 5.91 Å². The highest BCUT2D eigenvalue weighted by Crippen LogP contribution is 2.09. The molecule has 0 aliphatic heterocycles. The lowest BCUT2D eigenvalue weighted by Crippen LogP contribution is -2.33. The molecular weight excluding hydrogens is 242 g/mol. The second-order valence-electron chi connectivity index (χ2n) is 5.67. The molecule has 4 heteroatoms. The lowest BCUT2D eigenvalue weighted by molar-refractivity contribution is -0.155. The first-order chi connectivity index (χ1) is 8.74. The Morgan fingerprint density at radius 3 is 2.37 bits per heavy atom. The normalized spacial score (nSPS) is 13.3. The van der Waals surface area contributed by atoms with Crippen LogP contribution in [0.4, 0.5) is 0 Å². The van der Waals surface area contributed by atoms with Crippen LogP contribution in [0.1, 0.15) is 60.3 Å². The molecule has 0 rings (SSSR count). The molecule has 1 unspecified atom stereocenters. The summed E-state index contributed by atoms with van der Waals surface area (Å²) in [5.41, 5.74) is -0.494. The molecular formula is C15H27NO3. The van der Waals surface area contributed by atoms with Crippen molar-refractivity contribution in [1.29, 1.82) is 0 Å². The molecule has 0 aromatic carbocycles. The number of amides is 1. The van der Waals surface area contributed by atoms with Crippen molar-refractivity contribution in [3.8, 4) is 0 Å². The Balaban J connectivity index is 3.86. The number of nitrogens with one attached hydrogen (secondary N) is 1. The van der Waals surface area contributed by atoms with Gasteiger partial charge in [0.15, 0.2) is 0 Å². The molecule has 1 N–H and O–H groups in total. The molecule has 0 heterocycles. The molecule has 4 nitrogen and oxygen atoms in total. The Labute approximate surface area is 116 Å². The maximum atomic E-state index is 11.6. The number of hydrogen-bond acceptors (Lipinski definition) is 3. The van der Waals surface area contributed by atoms with Gasteiger partial charge in [-0.1, -0.05) is 19.1 Å². The molecule has 0 saturated carbocycles. The molecule has 0 aliphatic carbocycles. The van der Waals surface area contributed by atoms with Gasteiger partial charge in [-0.3, -0.25) is 9.59 Å². The average molecular weight is 269 g/mol. The Morgan fingerprint density at radius 2 is 1.84 bits per heavy atom. The van der Waals surface area contributed by atoms with Crippen LogP contribution < -0.4 is 5.32 Å². The lowest BCUT2D eigenvalue weighted by atomic mass is 10.2. The largest absolute Gasteiger partial charge is 0.460 e. The first-order valence-corrected chi connectivity index (χ1v) is 6.90. The predicted octanol–water partition coefficient (Wildman–Crippen LogP) is 2.97. The molecule has 0 aromatic rings. The summed E-state index contributed by atoms with van der Waals surface area (Å²) in [5.74, 6) is -0.440. The summed E-state index contributed by atoms with van der Waals surface area (Å²) >= 11 is 0. The van der Waals surface area contributed by atoms with Crippen LogP contribution in [0.25, 0.3) is 0 Å². The second kappa shape index (κ2) is 8.73. The van der Waals surface area contributed by atoms with E-state index in [0.717, 1.165) is 12.8 Å². The maximum absolute atomic E-state index is 11.6. The minimum atomic E-state index is -0.494. The molecule has 0 aliphatic rings. The van der Waals surface area contributed by atoms with E-state index in [0.29, 0.717) is 0 Å². The minimum Gasteiger partial charge on any atom is -0.460 e. The van der Waals surface area contributed by atoms with E-state index in [-0.39, 0.29) is 30.8 Å². The maximum Gasteiger partial charge on any atom is 0.306 e. The lowest BCUT2D eigenvalue weighted by Gasteiger charge is -2.19. The molecule has 0 spiro atoms. The van der Waals surface area contributed by atoms with Crippen LogP contribution in [0.2, 0.25) is 0 Å². The fourth-order valence-electron chi connectivity index (χ4n) is 1.48. The van der Waals surface area contributed by atoms with Gasteiger partial charge in [-0.15, -0.1) is 0 Å². The third kappa shape index (κ3) is 11.5. The zero-order valence-electron chi connectivity index (χ0n) is 12.8. The highest BCUT2D eigenvalue weighted by atomic mass is 16.6. The molecule has 19 heavy (non-hydrogen) atoms. The van der Waals surface area contributed by atoms with Crippen LogP contribution in [0.5, 0.6) is 0 Å². The topological polar surface area (TPSA) is 55.4 Å². The van der Waals surface area contributed by atoms with Crippen LogP contribution >= 0.6 is 0 Å². The molecule has 0 bridgehead atoms. The van der Waals surface area contributed by atoms with Gasteiger partial charge in [0, 0.05) is 12.5 Å². The van der Waals surface area contributed by atoms with Crippen molar-refractivity contribution < 1.29 is 14.3 Å². The van der Waals surface area contributed by atoms with E-state index in [1.807, 2.05) is 27.7 Å². The number of rotatable bonds is 7. The molecule has 1 atom stereocenters. The quantitative estimate of drug-likeness (QED) is 0.571. The standard InChI is InChI=1S/C15H27NO3/c1-6-7-8-9-12(2)16-13(17)10-11-14(18)19-15(3,4)5/h7-8,12H,6,9-11H2,1-5H3,(H,16,17)/b8-7-. The second-order valence-corrected chi connectivity index (χ2v) is 5.67. The highest BCUT2D eigenvalue weighted by molar-refractivity contribution is 5.81. The Bertz CT molecular complexity index is 316. The Hall–Kier alpha value is -1.32. The van der Waals surface area contributed by atoms with E-state index >= 15 is 0 Å². The molecule has 110 valence electrons. The molecule has 1 amide bonds. The summed E-state index contributed by atoms with van der Waals surface area (Å²) < 4.78 is 5.14.